The molecule has 4 rings (SSSR count). The summed E-state index contributed by atoms with van der Waals surface area (Å²) in [5, 5.41) is 0. The molecule has 4 aromatic carbocycles. The number of hydrogen-bond donors (Lipinski definition) is 0. The molecule has 0 amide bonds. The third-order valence-corrected chi connectivity index (χ3v) is 4.81. The summed E-state index contributed by atoms with van der Waals surface area (Å²) in [6, 6.07) is 39.9. The molecule has 0 heterocycles. The molecule has 0 saturated heterocycles. The van der Waals surface area contributed by atoms with Crippen LogP contribution in [0.2, 0.25) is 0 Å². The largest absolute Gasteiger partial charge is 0.496 e. The molecule has 1 heteroatoms. The van der Waals surface area contributed by atoms with Crippen molar-refractivity contribution in [2.45, 2.75) is 0 Å². The van der Waals surface area contributed by atoms with Crippen LogP contribution < -0.4 is 4.74 Å². The summed E-state index contributed by atoms with van der Waals surface area (Å²) in [5.74, 6) is 0.866. The molecule has 0 aromatic heterocycles. The monoisotopic (exact) mass is 362 g/mol. The second kappa shape index (κ2) is 8.41. The lowest BCUT2D eigenvalue weighted by Gasteiger charge is -2.19. The second-order valence-corrected chi connectivity index (χ2v) is 6.55. The van der Waals surface area contributed by atoms with E-state index in [0.29, 0.717) is 0 Å². The van der Waals surface area contributed by atoms with Gasteiger partial charge in [-0.1, -0.05) is 109 Å². The van der Waals surface area contributed by atoms with Crippen LogP contribution in [0.25, 0.3) is 11.1 Å². The first-order valence-electron chi connectivity index (χ1n) is 9.42. The molecule has 0 spiro atoms. The van der Waals surface area contributed by atoms with Gasteiger partial charge in [0.25, 0.3) is 0 Å². The molecule has 0 atom stereocenters. The molecule has 136 valence electrons. The van der Waals surface area contributed by atoms with Gasteiger partial charge in [0, 0.05) is 11.1 Å². The highest BCUT2D eigenvalue weighted by atomic mass is 16.5. The molecule has 0 aliphatic heterocycles. The third kappa shape index (κ3) is 3.60. The maximum absolute atomic E-state index is 5.74. The van der Waals surface area contributed by atoms with E-state index in [-0.39, 0.29) is 0 Å². The quantitative estimate of drug-likeness (QED) is 0.359. The summed E-state index contributed by atoms with van der Waals surface area (Å²) in [6.45, 7) is 0. The number of para-hydroxylation sites is 1. The summed E-state index contributed by atoms with van der Waals surface area (Å²) < 4.78 is 5.74. The van der Waals surface area contributed by atoms with E-state index in [1.807, 2.05) is 18.2 Å². The van der Waals surface area contributed by atoms with E-state index in [0.717, 1.165) is 22.4 Å². The van der Waals surface area contributed by atoms with Crippen molar-refractivity contribution in [3.8, 4) is 5.75 Å². The molecule has 1 nitrogen and oxygen atoms in total. The lowest BCUT2D eigenvalue weighted by molar-refractivity contribution is 0.413. The Labute approximate surface area is 166 Å². The van der Waals surface area contributed by atoms with Gasteiger partial charge in [0.2, 0.25) is 0 Å². The number of ether oxygens (including phenoxy) is 1. The lowest BCUT2D eigenvalue weighted by atomic mass is 9.85. The van der Waals surface area contributed by atoms with Crippen LogP contribution in [-0.2, 0) is 0 Å². The zero-order chi connectivity index (χ0) is 19.2. The van der Waals surface area contributed by atoms with Gasteiger partial charge in [0.05, 0.1) is 7.11 Å². The second-order valence-electron chi connectivity index (χ2n) is 6.55. The zero-order valence-corrected chi connectivity index (χ0v) is 15.9. The highest BCUT2D eigenvalue weighted by molar-refractivity contribution is 6.05. The molecule has 0 unspecified atom stereocenters. The Morgan fingerprint density at radius 1 is 0.464 bits per heavy atom. The van der Waals surface area contributed by atoms with Gasteiger partial charge in [-0.3, -0.25) is 0 Å². The minimum absolute atomic E-state index is 0.866. The minimum Gasteiger partial charge on any atom is -0.496 e. The minimum atomic E-state index is 0.866. The van der Waals surface area contributed by atoms with E-state index >= 15 is 0 Å². The summed E-state index contributed by atoms with van der Waals surface area (Å²) in [5.41, 5.74) is 6.96. The molecule has 0 bridgehead atoms. The standard InChI is InChI=1S/C27H22O/c1-28-25-20-12-11-19-24(25)27(23-17-9-4-10-18-23)26(21-13-5-2-6-14-21)22-15-7-3-8-16-22/h2-20H,1H3. The molecule has 4 aromatic rings. The van der Waals surface area contributed by atoms with Crippen LogP contribution in [0.5, 0.6) is 5.75 Å². The fourth-order valence-corrected chi connectivity index (χ4v) is 3.56. The molecule has 28 heavy (non-hydrogen) atoms. The van der Waals surface area contributed by atoms with Crippen molar-refractivity contribution in [1.82, 2.24) is 0 Å². The molecular formula is C27H22O. The Bertz CT molecular complexity index is 1020. The van der Waals surface area contributed by atoms with Crippen LogP contribution in [-0.4, -0.2) is 7.11 Å². The van der Waals surface area contributed by atoms with E-state index in [2.05, 4.69) is 97.1 Å². The van der Waals surface area contributed by atoms with Gasteiger partial charge in [-0.15, -0.1) is 0 Å². The van der Waals surface area contributed by atoms with Crippen LogP contribution in [0.1, 0.15) is 22.3 Å². The van der Waals surface area contributed by atoms with E-state index in [1.54, 1.807) is 7.11 Å². The number of hydrogen-bond acceptors (Lipinski definition) is 1. The van der Waals surface area contributed by atoms with Crippen LogP contribution in [0.15, 0.2) is 115 Å². The van der Waals surface area contributed by atoms with E-state index < -0.39 is 0 Å². The van der Waals surface area contributed by atoms with Crippen molar-refractivity contribution in [3.63, 3.8) is 0 Å². The van der Waals surface area contributed by atoms with Gasteiger partial charge < -0.3 is 4.74 Å². The molecule has 0 fully saturated rings. The van der Waals surface area contributed by atoms with Gasteiger partial charge >= 0.3 is 0 Å². The first-order chi connectivity index (χ1) is 13.9. The predicted molar refractivity (Wildman–Crippen MR) is 117 cm³/mol. The van der Waals surface area contributed by atoms with Gasteiger partial charge in [-0.05, 0) is 28.3 Å². The summed E-state index contributed by atoms with van der Waals surface area (Å²) in [4.78, 5) is 0. The fourth-order valence-electron chi connectivity index (χ4n) is 3.56. The highest BCUT2D eigenvalue weighted by Gasteiger charge is 2.18. The van der Waals surface area contributed by atoms with Crippen LogP contribution in [0, 0.1) is 0 Å². The summed E-state index contributed by atoms with van der Waals surface area (Å²) >= 11 is 0. The van der Waals surface area contributed by atoms with Gasteiger partial charge in [0.15, 0.2) is 0 Å². The third-order valence-electron chi connectivity index (χ3n) is 4.81. The number of benzene rings is 4. The molecule has 0 aliphatic carbocycles. The van der Waals surface area contributed by atoms with Crippen LogP contribution >= 0.6 is 0 Å². The first kappa shape index (κ1) is 17.8. The first-order valence-corrected chi connectivity index (χ1v) is 9.42. The van der Waals surface area contributed by atoms with E-state index in [1.165, 1.54) is 16.7 Å². The Morgan fingerprint density at radius 2 is 0.857 bits per heavy atom. The van der Waals surface area contributed by atoms with Crippen molar-refractivity contribution < 1.29 is 4.74 Å². The maximum Gasteiger partial charge on any atom is 0.126 e. The Balaban J connectivity index is 2.13. The molecule has 0 saturated carbocycles. The molecule has 0 radical (unpaired) electrons. The number of methoxy groups -OCH3 is 1. The summed E-state index contributed by atoms with van der Waals surface area (Å²) in [7, 11) is 1.73. The highest BCUT2D eigenvalue weighted by Crippen LogP contribution is 2.39. The molecule has 0 N–H and O–H groups in total. The van der Waals surface area contributed by atoms with Crippen molar-refractivity contribution in [1.29, 1.82) is 0 Å². The summed E-state index contributed by atoms with van der Waals surface area (Å²) in [6.07, 6.45) is 0. The van der Waals surface area contributed by atoms with E-state index in [4.69, 9.17) is 4.74 Å². The smallest absolute Gasteiger partial charge is 0.126 e. The maximum atomic E-state index is 5.74. The van der Waals surface area contributed by atoms with Gasteiger partial charge in [-0.2, -0.15) is 0 Å². The van der Waals surface area contributed by atoms with Crippen molar-refractivity contribution in [2.24, 2.45) is 0 Å². The lowest BCUT2D eigenvalue weighted by Crippen LogP contribution is -1.99. The Kier molecular flexibility index (Phi) is 5.35. The SMILES string of the molecule is COc1ccccc1C(=C(c1ccccc1)c1ccccc1)c1ccccc1. The predicted octanol–water partition coefficient (Wildman–Crippen LogP) is 6.70. The van der Waals surface area contributed by atoms with Crippen molar-refractivity contribution in [3.05, 3.63) is 138 Å². The van der Waals surface area contributed by atoms with Crippen molar-refractivity contribution >= 4 is 11.1 Å². The van der Waals surface area contributed by atoms with Crippen LogP contribution in [0.4, 0.5) is 0 Å². The topological polar surface area (TPSA) is 9.23 Å². The number of rotatable bonds is 5. The average Bonchev–Trinajstić information content (AvgIpc) is 2.79. The zero-order valence-electron chi connectivity index (χ0n) is 15.9. The van der Waals surface area contributed by atoms with Gasteiger partial charge in [0.1, 0.15) is 5.75 Å². The molecule has 0 aliphatic rings. The molecular weight excluding hydrogens is 340 g/mol. The average molecular weight is 362 g/mol. The Hall–Kier alpha value is -3.58. The fraction of sp³-hybridized carbons (Fsp3) is 0.0370. The normalized spacial score (nSPS) is 10.3. The Morgan fingerprint density at radius 3 is 1.32 bits per heavy atom. The van der Waals surface area contributed by atoms with E-state index in [9.17, 15) is 0 Å². The van der Waals surface area contributed by atoms with Gasteiger partial charge in [-0.25, -0.2) is 0 Å². The van der Waals surface area contributed by atoms with Crippen molar-refractivity contribution in [2.75, 3.05) is 7.11 Å². The van der Waals surface area contributed by atoms with Crippen LogP contribution in [0.3, 0.4) is 0 Å².